The predicted octanol–water partition coefficient (Wildman–Crippen LogP) is 1.13. The second-order valence-electron chi connectivity index (χ2n) is 3.52. The molecule has 0 spiro atoms. The van der Waals surface area contributed by atoms with Gasteiger partial charge in [0.15, 0.2) is 4.96 Å². The molecule has 0 bridgehead atoms. The van der Waals surface area contributed by atoms with Crippen LogP contribution in [-0.2, 0) is 13.2 Å². The second kappa shape index (κ2) is 3.73. The molecule has 3 heterocycles. The molecule has 0 atom stereocenters. The molecule has 0 aromatic carbocycles. The maximum absolute atomic E-state index is 8.90. The first-order valence-corrected chi connectivity index (χ1v) is 5.76. The normalized spacial score (nSPS) is 11.3. The highest BCUT2D eigenvalue weighted by Crippen LogP contribution is 2.12. The Balaban J connectivity index is 1.86. The number of fused-ring (bicyclic) bond motifs is 1. The Kier molecular flexibility index (Phi) is 2.23. The maximum atomic E-state index is 8.90. The van der Waals surface area contributed by atoms with Crippen molar-refractivity contribution in [1.82, 2.24) is 18.9 Å². The summed E-state index contributed by atoms with van der Waals surface area (Å²) in [6, 6.07) is 0. The molecule has 0 radical (unpaired) electrons. The third kappa shape index (κ3) is 1.62. The van der Waals surface area contributed by atoms with Crippen molar-refractivity contribution < 1.29 is 5.11 Å². The number of nitrogens with zero attached hydrogens (tertiary/aromatic N) is 4. The van der Waals surface area contributed by atoms with E-state index in [4.69, 9.17) is 5.11 Å². The lowest BCUT2D eigenvalue weighted by Gasteiger charge is -1.96. The van der Waals surface area contributed by atoms with Gasteiger partial charge in [-0.05, 0) is 0 Å². The van der Waals surface area contributed by atoms with Gasteiger partial charge in [0, 0.05) is 24.0 Å². The first-order chi connectivity index (χ1) is 7.85. The third-order valence-corrected chi connectivity index (χ3v) is 3.11. The van der Waals surface area contributed by atoms with Crippen molar-refractivity contribution in [3.8, 4) is 0 Å². The van der Waals surface area contributed by atoms with E-state index in [0.29, 0.717) is 12.2 Å². The van der Waals surface area contributed by atoms with Crippen LogP contribution in [0.5, 0.6) is 0 Å². The van der Waals surface area contributed by atoms with Gasteiger partial charge in [0.25, 0.3) is 0 Å². The van der Waals surface area contributed by atoms with E-state index < -0.39 is 0 Å². The van der Waals surface area contributed by atoms with E-state index in [2.05, 4.69) is 9.97 Å². The lowest BCUT2D eigenvalue weighted by molar-refractivity contribution is 0.277. The van der Waals surface area contributed by atoms with Crippen molar-refractivity contribution in [2.45, 2.75) is 13.2 Å². The molecule has 0 aliphatic heterocycles. The Morgan fingerprint density at radius 1 is 1.31 bits per heavy atom. The molecule has 82 valence electrons. The van der Waals surface area contributed by atoms with E-state index in [0.717, 1.165) is 10.7 Å². The van der Waals surface area contributed by atoms with Crippen LogP contribution < -0.4 is 0 Å². The van der Waals surface area contributed by atoms with Crippen LogP contribution >= 0.6 is 11.3 Å². The summed E-state index contributed by atoms with van der Waals surface area (Å²) >= 11 is 1.62. The van der Waals surface area contributed by atoms with E-state index in [-0.39, 0.29) is 6.61 Å². The number of imidazole rings is 2. The van der Waals surface area contributed by atoms with Crippen molar-refractivity contribution in [3.63, 3.8) is 0 Å². The standard InChI is InChI=1S/C10H10N4OS/c15-6-9-4-13(7-11-9)3-8-5-14-1-2-16-10(14)12-8/h1-2,4-5,7,15H,3,6H2. The van der Waals surface area contributed by atoms with Gasteiger partial charge in [0.05, 0.1) is 30.9 Å². The quantitative estimate of drug-likeness (QED) is 0.739. The number of thiazole rings is 1. The molecule has 3 aromatic heterocycles. The fraction of sp³-hybridized carbons (Fsp3) is 0.200. The first-order valence-electron chi connectivity index (χ1n) is 4.88. The SMILES string of the molecule is OCc1cn(Cc2cn3ccsc3n2)cn1. The van der Waals surface area contributed by atoms with E-state index >= 15 is 0 Å². The summed E-state index contributed by atoms with van der Waals surface area (Å²) in [5.41, 5.74) is 1.68. The maximum Gasteiger partial charge on any atom is 0.193 e. The fourth-order valence-electron chi connectivity index (χ4n) is 1.61. The number of hydrogen-bond acceptors (Lipinski definition) is 4. The highest BCUT2D eigenvalue weighted by Gasteiger charge is 2.04. The highest BCUT2D eigenvalue weighted by molar-refractivity contribution is 7.15. The summed E-state index contributed by atoms with van der Waals surface area (Å²) in [7, 11) is 0. The minimum Gasteiger partial charge on any atom is -0.390 e. The molecule has 0 saturated heterocycles. The zero-order valence-corrected chi connectivity index (χ0v) is 9.26. The molecular weight excluding hydrogens is 224 g/mol. The Hall–Kier alpha value is -1.66. The van der Waals surface area contributed by atoms with Gasteiger partial charge < -0.3 is 9.67 Å². The van der Waals surface area contributed by atoms with Gasteiger partial charge in [-0.3, -0.25) is 4.40 Å². The average molecular weight is 234 g/mol. The van der Waals surface area contributed by atoms with Gasteiger partial charge in [-0.25, -0.2) is 9.97 Å². The second-order valence-corrected chi connectivity index (χ2v) is 4.39. The smallest absolute Gasteiger partial charge is 0.193 e. The Morgan fingerprint density at radius 3 is 3.00 bits per heavy atom. The minimum absolute atomic E-state index is 0.0225. The summed E-state index contributed by atoms with van der Waals surface area (Å²) in [6.45, 7) is 0.659. The van der Waals surface area contributed by atoms with Crippen LogP contribution in [0.3, 0.4) is 0 Å². The van der Waals surface area contributed by atoms with Crippen LogP contribution in [0, 0.1) is 0 Å². The van der Waals surface area contributed by atoms with Crippen LogP contribution in [0.2, 0.25) is 0 Å². The van der Waals surface area contributed by atoms with E-state index in [9.17, 15) is 0 Å². The molecule has 6 heteroatoms. The van der Waals surface area contributed by atoms with Gasteiger partial charge in [-0.2, -0.15) is 0 Å². The summed E-state index contributed by atoms with van der Waals surface area (Å²) in [4.78, 5) is 9.52. The summed E-state index contributed by atoms with van der Waals surface area (Å²) in [6.07, 6.45) is 7.53. The number of hydrogen-bond donors (Lipinski definition) is 1. The van der Waals surface area contributed by atoms with Gasteiger partial charge in [0.2, 0.25) is 0 Å². The fourth-order valence-corrected chi connectivity index (χ4v) is 2.33. The largest absolute Gasteiger partial charge is 0.390 e. The van der Waals surface area contributed by atoms with Gasteiger partial charge in [0.1, 0.15) is 0 Å². The molecule has 16 heavy (non-hydrogen) atoms. The van der Waals surface area contributed by atoms with Crippen molar-refractivity contribution in [1.29, 1.82) is 0 Å². The average Bonchev–Trinajstić information content (AvgIpc) is 2.92. The summed E-state index contributed by atoms with van der Waals surface area (Å²) < 4.78 is 3.92. The van der Waals surface area contributed by atoms with Crippen LogP contribution in [0.15, 0.2) is 30.3 Å². The van der Waals surface area contributed by atoms with E-state index in [1.54, 1.807) is 17.7 Å². The first kappa shape index (κ1) is 9.56. The van der Waals surface area contributed by atoms with Gasteiger partial charge >= 0.3 is 0 Å². The number of rotatable bonds is 3. The summed E-state index contributed by atoms with van der Waals surface area (Å²) in [5, 5.41) is 10.9. The van der Waals surface area contributed by atoms with E-state index in [1.165, 1.54) is 0 Å². The molecule has 3 rings (SSSR count). The van der Waals surface area contributed by atoms with Crippen molar-refractivity contribution in [3.05, 3.63) is 41.7 Å². The topological polar surface area (TPSA) is 55.4 Å². The molecule has 0 aliphatic carbocycles. The Bertz CT molecular complexity index is 580. The zero-order chi connectivity index (χ0) is 11.0. The number of aliphatic hydroxyl groups excluding tert-OH is 1. The predicted molar refractivity (Wildman–Crippen MR) is 60.3 cm³/mol. The monoisotopic (exact) mass is 234 g/mol. The van der Waals surface area contributed by atoms with E-state index in [1.807, 2.05) is 32.9 Å². The molecule has 3 aromatic rings. The molecule has 5 nitrogen and oxygen atoms in total. The molecule has 0 aliphatic rings. The van der Waals surface area contributed by atoms with Crippen LogP contribution in [0.25, 0.3) is 4.96 Å². The lowest BCUT2D eigenvalue weighted by Crippen LogP contribution is -1.96. The lowest BCUT2D eigenvalue weighted by atomic mass is 10.4. The van der Waals surface area contributed by atoms with Gasteiger partial charge in [-0.15, -0.1) is 11.3 Å². The van der Waals surface area contributed by atoms with Crippen molar-refractivity contribution in [2.24, 2.45) is 0 Å². The third-order valence-electron chi connectivity index (χ3n) is 2.34. The summed E-state index contributed by atoms with van der Waals surface area (Å²) in [5.74, 6) is 0. The Morgan fingerprint density at radius 2 is 2.25 bits per heavy atom. The highest BCUT2D eigenvalue weighted by atomic mass is 32.1. The molecule has 0 saturated carbocycles. The van der Waals surface area contributed by atoms with Crippen molar-refractivity contribution in [2.75, 3.05) is 0 Å². The number of aliphatic hydroxyl groups is 1. The molecule has 0 fully saturated rings. The van der Waals surface area contributed by atoms with Gasteiger partial charge in [-0.1, -0.05) is 0 Å². The molecular formula is C10H10N4OS. The Labute approximate surface area is 95.6 Å². The van der Waals surface area contributed by atoms with Crippen LogP contribution in [-0.4, -0.2) is 24.0 Å². The molecule has 0 unspecified atom stereocenters. The van der Waals surface area contributed by atoms with Crippen LogP contribution in [0.1, 0.15) is 11.4 Å². The molecule has 1 N–H and O–H groups in total. The van der Waals surface area contributed by atoms with Crippen LogP contribution in [0.4, 0.5) is 0 Å². The minimum atomic E-state index is -0.0225. The number of aromatic nitrogens is 4. The molecule has 0 amide bonds. The van der Waals surface area contributed by atoms with Crippen molar-refractivity contribution >= 4 is 16.3 Å². The zero-order valence-electron chi connectivity index (χ0n) is 8.45.